The van der Waals surface area contributed by atoms with Crippen molar-refractivity contribution in [2.75, 3.05) is 19.8 Å². The molecule has 0 aromatic heterocycles. The van der Waals surface area contributed by atoms with Gasteiger partial charge in [0.15, 0.2) is 6.10 Å². The summed E-state index contributed by atoms with van der Waals surface area (Å²) in [6, 6.07) is 7.70. The summed E-state index contributed by atoms with van der Waals surface area (Å²) >= 11 is 0. The Labute approximate surface area is 127 Å². The number of nitrogens with one attached hydrogen (secondary N) is 1. The summed E-state index contributed by atoms with van der Waals surface area (Å²) in [5, 5.41) is 2.86. The van der Waals surface area contributed by atoms with Gasteiger partial charge in [-0.15, -0.1) is 0 Å². The second-order valence-electron chi connectivity index (χ2n) is 5.19. The fraction of sp³-hybridized carbons (Fsp3) is 0.588. The molecule has 0 saturated heterocycles. The lowest BCUT2D eigenvalue weighted by molar-refractivity contribution is -0.127. The van der Waals surface area contributed by atoms with Crippen LogP contribution in [0.1, 0.15) is 38.7 Å². The SMILES string of the molecule is CCCCOCCCNC(=O)C(C)Oc1cccc(C)c1. The van der Waals surface area contributed by atoms with Gasteiger partial charge in [-0.2, -0.15) is 0 Å². The lowest BCUT2D eigenvalue weighted by Gasteiger charge is -2.15. The van der Waals surface area contributed by atoms with Gasteiger partial charge in [0.25, 0.3) is 5.91 Å². The van der Waals surface area contributed by atoms with Gasteiger partial charge in [-0.3, -0.25) is 4.79 Å². The molecule has 1 rings (SSSR count). The Hall–Kier alpha value is -1.55. The molecule has 0 radical (unpaired) electrons. The van der Waals surface area contributed by atoms with E-state index in [-0.39, 0.29) is 5.91 Å². The molecule has 0 aliphatic heterocycles. The van der Waals surface area contributed by atoms with Crippen molar-refractivity contribution in [3.8, 4) is 5.75 Å². The maximum atomic E-state index is 11.9. The number of amides is 1. The molecular weight excluding hydrogens is 266 g/mol. The molecular formula is C17H27NO3. The topological polar surface area (TPSA) is 47.6 Å². The van der Waals surface area contributed by atoms with Crippen molar-refractivity contribution < 1.29 is 14.3 Å². The highest BCUT2D eigenvalue weighted by Crippen LogP contribution is 2.14. The summed E-state index contributed by atoms with van der Waals surface area (Å²) in [7, 11) is 0. The summed E-state index contributed by atoms with van der Waals surface area (Å²) in [6.45, 7) is 8.00. The zero-order valence-electron chi connectivity index (χ0n) is 13.4. The van der Waals surface area contributed by atoms with E-state index >= 15 is 0 Å². The van der Waals surface area contributed by atoms with Crippen LogP contribution in [-0.4, -0.2) is 31.8 Å². The van der Waals surface area contributed by atoms with Crippen LogP contribution in [0, 0.1) is 6.92 Å². The molecule has 0 aliphatic carbocycles. The van der Waals surface area contributed by atoms with E-state index in [0.717, 1.165) is 37.2 Å². The zero-order valence-corrected chi connectivity index (χ0v) is 13.4. The predicted molar refractivity (Wildman–Crippen MR) is 84.6 cm³/mol. The lowest BCUT2D eigenvalue weighted by atomic mass is 10.2. The smallest absolute Gasteiger partial charge is 0.260 e. The third-order valence-electron chi connectivity index (χ3n) is 3.08. The molecule has 1 N–H and O–H groups in total. The van der Waals surface area contributed by atoms with Gasteiger partial charge in [-0.05, 0) is 44.4 Å². The van der Waals surface area contributed by atoms with E-state index in [2.05, 4.69) is 12.2 Å². The van der Waals surface area contributed by atoms with Crippen LogP contribution in [0.2, 0.25) is 0 Å². The Morgan fingerprint density at radius 2 is 2.05 bits per heavy atom. The molecule has 0 bridgehead atoms. The number of hydrogen-bond donors (Lipinski definition) is 1. The molecule has 118 valence electrons. The number of unbranched alkanes of at least 4 members (excludes halogenated alkanes) is 1. The summed E-state index contributed by atoms with van der Waals surface area (Å²) in [5.41, 5.74) is 1.12. The summed E-state index contributed by atoms with van der Waals surface area (Å²) in [4.78, 5) is 11.9. The third kappa shape index (κ3) is 7.71. The minimum absolute atomic E-state index is 0.0925. The Morgan fingerprint density at radius 1 is 1.29 bits per heavy atom. The van der Waals surface area contributed by atoms with Crippen molar-refractivity contribution in [2.24, 2.45) is 0 Å². The molecule has 0 saturated carbocycles. The van der Waals surface area contributed by atoms with Gasteiger partial charge in [-0.1, -0.05) is 25.5 Å². The van der Waals surface area contributed by atoms with Crippen LogP contribution >= 0.6 is 0 Å². The minimum atomic E-state index is -0.493. The van der Waals surface area contributed by atoms with Gasteiger partial charge in [0, 0.05) is 19.8 Å². The van der Waals surface area contributed by atoms with Crippen LogP contribution in [0.3, 0.4) is 0 Å². The number of benzene rings is 1. The van der Waals surface area contributed by atoms with Crippen molar-refractivity contribution in [2.45, 2.75) is 46.1 Å². The first kappa shape index (κ1) is 17.5. The zero-order chi connectivity index (χ0) is 15.5. The minimum Gasteiger partial charge on any atom is -0.481 e. The quantitative estimate of drug-likeness (QED) is 0.674. The summed E-state index contributed by atoms with van der Waals surface area (Å²) in [6.07, 6.45) is 2.57. The highest BCUT2D eigenvalue weighted by molar-refractivity contribution is 5.80. The predicted octanol–water partition coefficient (Wildman–Crippen LogP) is 3.09. The molecule has 0 aliphatic rings. The molecule has 0 spiro atoms. The van der Waals surface area contributed by atoms with Crippen LogP contribution < -0.4 is 10.1 Å². The Morgan fingerprint density at radius 3 is 2.76 bits per heavy atom. The van der Waals surface area contributed by atoms with Gasteiger partial charge in [0.05, 0.1) is 0 Å². The van der Waals surface area contributed by atoms with Crippen molar-refractivity contribution in [1.29, 1.82) is 0 Å². The van der Waals surface area contributed by atoms with Crippen LogP contribution in [0.5, 0.6) is 5.75 Å². The van der Waals surface area contributed by atoms with Crippen molar-refractivity contribution in [1.82, 2.24) is 5.32 Å². The molecule has 21 heavy (non-hydrogen) atoms. The Kier molecular flexibility index (Phi) is 8.51. The molecule has 1 unspecified atom stereocenters. The second-order valence-corrected chi connectivity index (χ2v) is 5.19. The monoisotopic (exact) mass is 293 g/mol. The van der Waals surface area contributed by atoms with E-state index in [1.807, 2.05) is 31.2 Å². The first-order chi connectivity index (χ1) is 10.1. The van der Waals surface area contributed by atoms with Gasteiger partial charge >= 0.3 is 0 Å². The molecule has 1 aromatic carbocycles. The third-order valence-corrected chi connectivity index (χ3v) is 3.08. The fourth-order valence-corrected chi connectivity index (χ4v) is 1.82. The number of carbonyl (C=O) groups is 1. The van der Waals surface area contributed by atoms with Gasteiger partial charge in [-0.25, -0.2) is 0 Å². The van der Waals surface area contributed by atoms with Crippen LogP contribution in [0.15, 0.2) is 24.3 Å². The largest absolute Gasteiger partial charge is 0.481 e. The van der Waals surface area contributed by atoms with E-state index in [0.29, 0.717) is 13.2 Å². The average molecular weight is 293 g/mol. The molecule has 4 heteroatoms. The van der Waals surface area contributed by atoms with Gasteiger partial charge < -0.3 is 14.8 Å². The van der Waals surface area contributed by atoms with E-state index in [9.17, 15) is 4.79 Å². The van der Waals surface area contributed by atoms with Gasteiger partial charge in [0.2, 0.25) is 0 Å². The van der Waals surface area contributed by atoms with Crippen molar-refractivity contribution in [3.63, 3.8) is 0 Å². The fourth-order valence-electron chi connectivity index (χ4n) is 1.82. The number of hydrogen-bond acceptors (Lipinski definition) is 3. The maximum absolute atomic E-state index is 11.9. The van der Waals surface area contributed by atoms with E-state index < -0.39 is 6.10 Å². The second kappa shape index (κ2) is 10.2. The van der Waals surface area contributed by atoms with Crippen LogP contribution in [0.4, 0.5) is 0 Å². The number of rotatable bonds is 10. The molecule has 1 aromatic rings. The van der Waals surface area contributed by atoms with Crippen molar-refractivity contribution in [3.05, 3.63) is 29.8 Å². The number of carbonyl (C=O) groups excluding carboxylic acids is 1. The average Bonchev–Trinajstić information content (AvgIpc) is 2.46. The number of ether oxygens (including phenoxy) is 2. The molecule has 1 amide bonds. The summed E-state index contributed by atoms with van der Waals surface area (Å²) in [5.74, 6) is 0.630. The molecule has 4 nitrogen and oxygen atoms in total. The molecule has 0 fully saturated rings. The first-order valence-corrected chi connectivity index (χ1v) is 7.72. The van der Waals surface area contributed by atoms with E-state index in [1.165, 1.54) is 0 Å². The highest BCUT2D eigenvalue weighted by Gasteiger charge is 2.13. The standard InChI is InChI=1S/C17H27NO3/c1-4-5-11-20-12-7-10-18-17(19)15(3)21-16-9-6-8-14(2)13-16/h6,8-9,13,15H,4-5,7,10-12H2,1-3H3,(H,18,19). The highest BCUT2D eigenvalue weighted by atomic mass is 16.5. The first-order valence-electron chi connectivity index (χ1n) is 7.72. The number of aryl methyl sites for hydroxylation is 1. The lowest BCUT2D eigenvalue weighted by Crippen LogP contribution is -2.37. The normalized spacial score (nSPS) is 12.0. The Balaban J connectivity index is 2.16. The van der Waals surface area contributed by atoms with E-state index in [1.54, 1.807) is 6.92 Å². The molecule has 0 heterocycles. The molecule has 1 atom stereocenters. The van der Waals surface area contributed by atoms with E-state index in [4.69, 9.17) is 9.47 Å². The van der Waals surface area contributed by atoms with Crippen molar-refractivity contribution >= 4 is 5.91 Å². The maximum Gasteiger partial charge on any atom is 0.260 e. The van der Waals surface area contributed by atoms with Crippen LogP contribution in [-0.2, 0) is 9.53 Å². The Bertz CT molecular complexity index is 420. The van der Waals surface area contributed by atoms with Crippen LogP contribution in [0.25, 0.3) is 0 Å². The van der Waals surface area contributed by atoms with Gasteiger partial charge in [0.1, 0.15) is 5.75 Å². The summed E-state index contributed by atoms with van der Waals surface area (Å²) < 4.78 is 11.1.